The van der Waals surface area contributed by atoms with E-state index in [-0.39, 0.29) is 12.3 Å². The van der Waals surface area contributed by atoms with Crippen LogP contribution in [0.5, 0.6) is 0 Å². The van der Waals surface area contributed by atoms with Gasteiger partial charge in [-0.2, -0.15) is 0 Å². The number of hydrogen-bond acceptors (Lipinski definition) is 3. The summed E-state index contributed by atoms with van der Waals surface area (Å²) < 4.78 is 33.4. The van der Waals surface area contributed by atoms with Crippen molar-refractivity contribution in [3.63, 3.8) is 0 Å². The molecule has 0 amide bonds. The third kappa shape index (κ3) is 2.26. The summed E-state index contributed by atoms with van der Waals surface area (Å²) >= 11 is 0. The highest BCUT2D eigenvalue weighted by Crippen LogP contribution is 2.21. The number of carboxylic acids is 1. The Hall–Kier alpha value is -2.70. The minimum atomic E-state index is -1.17. The van der Waals surface area contributed by atoms with E-state index in [1.165, 1.54) is 12.1 Å². The van der Waals surface area contributed by atoms with E-state index in [1.54, 1.807) is 11.5 Å². The molecule has 3 rings (SSSR count). The van der Waals surface area contributed by atoms with Gasteiger partial charge in [0.2, 0.25) is 5.76 Å². The molecule has 1 aromatic carbocycles. The normalized spacial score (nSPS) is 11.2. The lowest BCUT2D eigenvalue weighted by Gasteiger charge is -2.04. The molecule has 0 radical (unpaired) electrons. The average molecular weight is 292 g/mol. The molecular formula is C14H10F2N2O3. The molecule has 1 N–H and O–H groups in total. The lowest BCUT2D eigenvalue weighted by Crippen LogP contribution is -2.01. The molecule has 0 atom stereocenters. The van der Waals surface area contributed by atoms with E-state index in [4.69, 9.17) is 9.52 Å². The van der Waals surface area contributed by atoms with Crippen molar-refractivity contribution >= 4 is 17.0 Å². The van der Waals surface area contributed by atoms with Gasteiger partial charge in [-0.1, -0.05) is 0 Å². The van der Waals surface area contributed by atoms with Crippen LogP contribution in [0.1, 0.15) is 22.1 Å². The number of aryl methyl sites for hydroxylation is 1. The second-order valence-electron chi connectivity index (χ2n) is 4.57. The fourth-order valence-corrected chi connectivity index (χ4v) is 2.17. The van der Waals surface area contributed by atoms with Gasteiger partial charge < -0.3 is 14.1 Å². The number of aromatic carboxylic acids is 1. The fourth-order valence-electron chi connectivity index (χ4n) is 2.17. The van der Waals surface area contributed by atoms with E-state index in [1.807, 2.05) is 0 Å². The van der Waals surface area contributed by atoms with Crippen LogP contribution in [0.25, 0.3) is 11.0 Å². The van der Waals surface area contributed by atoms with E-state index < -0.39 is 17.6 Å². The van der Waals surface area contributed by atoms with Gasteiger partial charge in [0.05, 0.1) is 17.6 Å². The SMILES string of the molecule is Cc1nc2cc(F)c(F)cc2n1Cc1ccc(C(=O)O)o1. The summed E-state index contributed by atoms with van der Waals surface area (Å²) in [5, 5.41) is 8.81. The van der Waals surface area contributed by atoms with Crippen molar-refractivity contribution in [2.24, 2.45) is 0 Å². The fraction of sp³-hybridized carbons (Fsp3) is 0.143. The van der Waals surface area contributed by atoms with E-state index >= 15 is 0 Å². The molecule has 0 saturated heterocycles. The summed E-state index contributed by atoms with van der Waals surface area (Å²) in [6.07, 6.45) is 0. The molecule has 0 fully saturated rings. The highest BCUT2D eigenvalue weighted by atomic mass is 19.2. The first kappa shape index (κ1) is 13.3. The van der Waals surface area contributed by atoms with E-state index in [9.17, 15) is 13.6 Å². The Balaban J connectivity index is 2.05. The van der Waals surface area contributed by atoms with Crippen molar-refractivity contribution in [3.8, 4) is 0 Å². The molecule has 21 heavy (non-hydrogen) atoms. The number of fused-ring (bicyclic) bond motifs is 1. The van der Waals surface area contributed by atoms with Gasteiger partial charge in [-0.25, -0.2) is 18.6 Å². The lowest BCUT2D eigenvalue weighted by atomic mass is 10.3. The van der Waals surface area contributed by atoms with Gasteiger partial charge in [0.15, 0.2) is 11.6 Å². The molecular weight excluding hydrogens is 282 g/mol. The second kappa shape index (κ2) is 4.69. The smallest absolute Gasteiger partial charge is 0.371 e. The number of carbonyl (C=O) groups is 1. The third-order valence-corrected chi connectivity index (χ3v) is 3.17. The lowest BCUT2D eigenvalue weighted by molar-refractivity contribution is 0.0660. The first-order valence-corrected chi connectivity index (χ1v) is 6.09. The zero-order valence-corrected chi connectivity index (χ0v) is 10.9. The average Bonchev–Trinajstić information content (AvgIpc) is 2.98. The van der Waals surface area contributed by atoms with Gasteiger partial charge in [-0.15, -0.1) is 0 Å². The molecule has 2 heterocycles. The molecule has 0 spiro atoms. The van der Waals surface area contributed by atoms with Gasteiger partial charge in [0.25, 0.3) is 0 Å². The Morgan fingerprint density at radius 2 is 2.05 bits per heavy atom. The molecule has 0 aliphatic rings. The van der Waals surface area contributed by atoms with E-state index in [0.29, 0.717) is 22.6 Å². The topological polar surface area (TPSA) is 68.3 Å². The number of nitrogens with zero attached hydrogens (tertiary/aromatic N) is 2. The Kier molecular flexibility index (Phi) is 2.97. The molecule has 0 aliphatic heterocycles. The van der Waals surface area contributed by atoms with Crippen LogP contribution in [0.3, 0.4) is 0 Å². The number of carboxylic acid groups (broad SMARTS) is 1. The number of aromatic nitrogens is 2. The molecule has 0 aliphatic carbocycles. The van der Waals surface area contributed by atoms with Gasteiger partial charge in [-0.05, 0) is 19.1 Å². The quantitative estimate of drug-likeness (QED) is 0.805. The first-order chi connectivity index (χ1) is 9.95. The van der Waals surface area contributed by atoms with Crippen molar-refractivity contribution in [1.29, 1.82) is 0 Å². The van der Waals surface area contributed by atoms with Crippen molar-refractivity contribution in [2.75, 3.05) is 0 Å². The van der Waals surface area contributed by atoms with E-state index in [0.717, 1.165) is 12.1 Å². The van der Waals surface area contributed by atoms with Crippen LogP contribution in [0, 0.1) is 18.6 Å². The molecule has 3 aromatic rings. The summed E-state index contributed by atoms with van der Waals surface area (Å²) in [4.78, 5) is 14.9. The van der Waals surface area contributed by atoms with Crippen LogP contribution in [0.15, 0.2) is 28.7 Å². The van der Waals surface area contributed by atoms with Crippen molar-refractivity contribution in [1.82, 2.24) is 9.55 Å². The minimum absolute atomic E-state index is 0.177. The van der Waals surface area contributed by atoms with Crippen molar-refractivity contribution < 1.29 is 23.1 Å². The highest BCUT2D eigenvalue weighted by molar-refractivity contribution is 5.84. The van der Waals surface area contributed by atoms with Crippen LogP contribution in [0.4, 0.5) is 8.78 Å². The maximum absolute atomic E-state index is 13.4. The summed E-state index contributed by atoms with van der Waals surface area (Å²) in [5.74, 6) is -2.33. The number of hydrogen-bond donors (Lipinski definition) is 1. The standard InChI is InChI=1S/C14H10F2N2O3/c1-7-17-11-4-9(15)10(16)5-12(11)18(7)6-8-2-3-13(21-8)14(19)20/h2-5H,6H2,1H3,(H,19,20). The maximum Gasteiger partial charge on any atom is 0.371 e. The molecule has 108 valence electrons. The molecule has 2 aromatic heterocycles. The molecule has 0 saturated carbocycles. The largest absolute Gasteiger partial charge is 0.475 e. The van der Waals surface area contributed by atoms with Crippen LogP contribution in [0.2, 0.25) is 0 Å². The molecule has 0 unspecified atom stereocenters. The minimum Gasteiger partial charge on any atom is -0.475 e. The molecule has 5 nitrogen and oxygen atoms in total. The van der Waals surface area contributed by atoms with Crippen molar-refractivity contribution in [2.45, 2.75) is 13.5 Å². The van der Waals surface area contributed by atoms with Gasteiger partial charge in [-0.3, -0.25) is 0 Å². The summed E-state index contributed by atoms with van der Waals surface area (Å²) in [6, 6.07) is 4.95. The Morgan fingerprint density at radius 3 is 2.71 bits per heavy atom. The number of rotatable bonds is 3. The van der Waals surface area contributed by atoms with Crippen molar-refractivity contribution in [3.05, 3.63) is 53.2 Å². The number of imidazole rings is 1. The predicted molar refractivity (Wildman–Crippen MR) is 69.2 cm³/mol. The summed E-state index contributed by atoms with van der Waals surface area (Å²) in [6.45, 7) is 1.87. The number of halogens is 2. The third-order valence-electron chi connectivity index (χ3n) is 3.17. The summed E-state index contributed by atoms with van der Waals surface area (Å²) in [5.41, 5.74) is 0.746. The first-order valence-electron chi connectivity index (χ1n) is 6.09. The predicted octanol–water partition coefficient (Wildman–Crippen LogP) is 2.96. The maximum atomic E-state index is 13.4. The van der Waals surface area contributed by atoms with Crippen LogP contribution in [-0.2, 0) is 6.54 Å². The van der Waals surface area contributed by atoms with Gasteiger partial charge in [0.1, 0.15) is 11.6 Å². The highest BCUT2D eigenvalue weighted by Gasteiger charge is 2.15. The number of benzene rings is 1. The Bertz CT molecular complexity index is 851. The second-order valence-corrected chi connectivity index (χ2v) is 4.57. The van der Waals surface area contributed by atoms with Crippen LogP contribution in [-0.4, -0.2) is 20.6 Å². The van der Waals surface area contributed by atoms with Crippen LogP contribution < -0.4 is 0 Å². The van der Waals surface area contributed by atoms with E-state index in [2.05, 4.69) is 4.98 Å². The Labute approximate surface area is 117 Å². The zero-order chi connectivity index (χ0) is 15.1. The summed E-state index contributed by atoms with van der Waals surface area (Å²) in [7, 11) is 0. The zero-order valence-electron chi connectivity index (χ0n) is 10.9. The number of furan rings is 1. The van der Waals surface area contributed by atoms with Crippen LogP contribution >= 0.6 is 0 Å². The molecule has 7 heteroatoms. The van der Waals surface area contributed by atoms with Gasteiger partial charge in [0, 0.05) is 12.1 Å². The monoisotopic (exact) mass is 292 g/mol. The Morgan fingerprint density at radius 1 is 1.33 bits per heavy atom. The van der Waals surface area contributed by atoms with Gasteiger partial charge >= 0.3 is 5.97 Å². The molecule has 0 bridgehead atoms.